The molecule has 0 aliphatic rings. The third-order valence-electron chi connectivity index (χ3n) is 6.01. The highest BCUT2D eigenvalue weighted by molar-refractivity contribution is 5.99. The molecule has 3 atom stereocenters. The van der Waals surface area contributed by atoms with E-state index in [1.807, 2.05) is 48.5 Å². The van der Waals surface area contributed by atoms with E-state index in [1.54, 1.807) is 18.2 Å². The van der Waals surface area contributed by atoms with Crippen molar-refractivity contribution in [3.05, 3.63) is 78.0 Å². The molecule has 0 bridgehead atoms. The van der Waals surface area contributed by atoms with Crippen LogP contribution in [0.4, 0.5) is 0 Å². The van der Waals surface area contributed by atoms with Gasteiger partial charge in [-0.15, -0.1) is 0 Å². The van der Waals surface area contributed by atoms with Crippen LogP contribution < -0.4 is 21.7 Å². The number of fused-ring (bicyclic) bond motifs is 1. The van der Waals surface area contributed by atoms with E-state index in [-0.39, 0.29) is 12.2 Å². The van der Waals surface area contributed by atoms with Crippen molar-refractivity contribution in [1.82, 2.24) is 20.9 Å². The van der Waals surface area contributed by atoms with Crippen molar-refractivity contribution in [2.75, 3.05) is 13.1 Å². The summed E-state index contributed by atoms with van der Waals surface area (Å²) in [4.78, 5) is 42.3. The Labute approximate surface area is 216 Å². The van der Waals surface area contributed by atoms with Gasteiger partial charge in [0.2, 0.25) is 11.8 Å². The number of rotatable bonds is 14. The standard InChI is InChI=1S/C28H35N5O4/c1-2-3-15-30-18-25(34)23(16-19-9-5-4-6-10-19)32-28(37)24(17-26(29)35)33-27(36)22-14-13-20-11-7-8-12-21(20)31-22/h4-14,23-25,30,34H,2-3,15-18H2,1H3,(H2,29,35)(H,32,37)(H,33,36). The molecular formula is C28H35N5O4. The lowest BCUT2D eigenvalue weighted by Crippen LogP contribution is -2.55. The molecule has 37 heavy (non-hydrogen) atoms. The number of hydrogen-bond acceptors (Lipinski definition) is 6. The summed E-state index contributed by atoms with van der Waals surface area (Å²) in [6, 6.07) is 18.2. The van der Waals surface area contributed by atoms with Crippen LogP contribution in [0.25, 0.3) is 10.9 Å². The highest BCUT2D eigenvalue weighted by Crippen LogP contribution is 2.12. The third kappa shape index (κ3) is 8.66. The number of nitrogens with two attached hydrogens (primary N) is 1. The van der Waals surface area contributed by atoms with Crippen molar-refractivity contribution in [1.29, 1.82) is 0 Å². The summed E-state index contributed by atoms with van der Waals surface area (Å²) in [5.41, 5.74) is 7.06. The number of aliphatic hydroxyl groups is 1. The Morgan fingerprint density at radius 1 is 0.973 bits per heavy atom. The first-order chi connectivity index (χ1) is 17.9. The van der Waals surface area contributed by atoms with Crippen LogP contribution in [-0.4, -0.2) is 59.1 Å². The molecule has 196 valence electrons. The molecule has 0 saturated carbocycles. The van der Waals surface area contributed by atoms with Crippen LogP contribution in [0, 0.1) is 0 Å². The van der Waals surface area contributed by atoms with Crippen LogP contribution in [0.1, 0.15) is 42.2 Å². The molecule has 3 amide bonds. The number of carbonyl (C=O) groups excluding carboxylic acids is 3. The lowest BCUT2D eigenvalue weighted by molar-refractivity contribution is -0.128. The van der Waals surface area contributed by atoms with Crippen LogP contribution in [0.3, 0.4) is 0 Å². The average molecular weight is 506 g/mol. The minimum Gasteiger partial charge on any atom is -0.390 e. The van der Waals surface area contributed by atoms with Gasteiger partial charge < -0.3 is 26.8 Å². The van der Waals surface area contributed by atoms with Crippen LogP contribution in [0.15, 0.2) is 66.7 Å². The van der Waals surface area contributed by atoms with Gasteiger partial charge in [-0.3, -0.25) is 14.4 Å². The predicted octanol–water partition coefficient (Wildman–Crippen LogP) is 1.69. The molecule has 6 N–H and O–H groups in total. The quantitative estimate of drug-likeness (QED) is 0.211. The van der Waals surface area contributed by atoms with Gasteiger partial charge in [-0.05, 0) is 37.1 Å². The zero-order valence-corrected chi connectivity index (χ0v) is 21.0. The van der Waals surface area contributed by atoms with Gasteiger partial charge in [0.1, 0.15) is 11.7 Å². The summed E-state index contributed by atoms with van der Waals surface area (Å²) >= 11 is 0. The van der Waals surface area contributed by atoms with Gasteiger partial charge in [0.15, 0.2) is 0 Å². The Hall–Kier alpha value is -3.82. The SMILES string of the molecule is CCCCNCC(O)C(Cc1ccccc1)NC(=O)C(CC(N)=O)NC(=O)c1ccc2ccccc2n1. The number of amides is 3. The first-order valence-corrected chi connectivity index (χ1v) is 12.6. The van der Waals surface area contributed by atoms with Gasteiger partial charge in [0.05, 0.1) is 24.1 Å². The minimum atomic E-state index is -1.23. The molecule has 9 nitrogen and oxygen atoms in total. The number of hydrogen-bond donors (Lipinski definition) is 5. The second-order valence-electron chi connectivity index (χ2n) is 9.02. The summed E-state index contributed by atoms with van der Waals surface area (Å²) in [5.74, 6) is -1.96. The number of nitrogens with zero attached hydrogens (tertiary/aromatic N) is 1. The molecule has 0 aliphatic heterocycles. The zero-order valence-electron chi connectivity index (χ0n) is 21.0. The molecular weight excluding hydrogens is 470 g/mol. The molecule has 0 aliphatic carbocycles. The van der Waals surface area contributed by atoms with Crippen molar-refractivity contribution >= 4 is 28.6 Å². The highest BCUT2D eigenvalue weighted by Gasteiger charge is 2.29. The second kappa shape index (κ2) is 14.1. The topological polar surface area (TPSA) is 146 Å². The van der Waals surface area contributed by atoms with E-state index in [0.717, 1.165) is 30.3 Å². The molecule has 1 aromatic heterocycles. The van der Waals surface area contributed by atoms with Gasteiger partial charge in [-0.1, -0.05) is 67.9 Å². The van der Waals surface area contributed by atoms with Crippen molar-refractivity contribution in [2.24, 2.45) is 5.73 Å². The summed E-state index contributed by atoms with van der Waals surface area (Å²) in [5, 5.41) is 20.4. The van der Waals surface area contributed by atoms with E-state index in [0.29, 0.717) is 11.9 Å². The summed E-state index contributed by atoms with van der Waals surface area (Å²) < 4.78 is 0. The van der Waals surface area contributed by atoms with Crippen LogP contribution in [0.5, 0.6) is 0 Å². The molecule has 9 heteroatoms. The molecule has 1 heterocycles. The average Bonchev–Trinajstić information content (AvgIpc) is 2.90. The molecule has 0 spiro atoms. The number of aliphatic hydroxyl groups excluding tert-OH is 1. The van der Waals surface area contributed by atoms with Crippen molar-refractivity contribution in [3.63, 3.8) is 0 Å². The Bertz CT molecular complexity index is 1190. The molecule has 3 unspecified atom stereocenters. The van der Waals surface area contributed by atoms with Gasteiger partial charge in [-0.2, -0.15) is 0 Å². The van der Waals surface area contributed by atoms with Crippen LogP contribution >= 0.6 is 0 Å². The number of para-hydroxylation sites is 1. The zero-order chi connectivity index (χ0) is 26.6. The molecule has 2 aromatic carbocycles. The van der Waals surface area contributed by atoms with Crippen molar-refractivity contribution in [3.8, 4) is 0 Å². The molecule has 0 radical (unpaired) electrons. The van der Waals surface area contributed by atoms with Gasteiger partial charge in [-0.25, -0.2) is 4.98 Å². The van der Waals surface area contributed by atoms with E-state index < -0.39 is 42.3 Å². The molecule has 3 aromatic rings. The number of pyridine rings is 1. The first-order valence-electron chi connectivity index (χ1n) is 12.6. The fourth-order valence-corrected chi connectivity index (χ4v) is 3.96. The largest absolute Gasteiger partial charge is 0.390 e. The predicted molar refractivity (Wildman–Crippen MR) is 143 cm³/mol. The van der Waals surface area contributed by atoms with Gasteiger partial charge in [0.25, 0.3) is 5.91 Å². The van der Waals surface area contributed by atoms with Crippen LogP contribution in [-0.2, 0) is 16.0 Å². The Balaban J connectivity index is 1.74. The number of nitrogens with one attached hydrogen (secondary N) is 3. The summed E-state index contributed by atoms with van der Waals surface area (Å²) in [7, 11) is 0. The Morgan fingerprint density at radius 3 is 2.43 bits per heavy atom. The highest BCUT2D eigenvalue weighted by atomic mass is 16.3. The van der Waals surface area contributed by atoms with Crippen molar-refractivity contribution < 1.29 is 19.5 Å². The van der Waals surface area contributed by atoms with E-state index in [1.165, 1.54) is 0 Å². The number of primary amides is 1. The maximum absolute atomic E-state index is 13.3. The van der Waals surface area contributed by atoms with Crippen LogP contribution in [0.2, 0.25) is 0 Å². The lowest BCUT2D eigenvalue weighted by Gasteiger charge is -2.27. The van der Waals surface area contributed by atoms with E-state index in [4.69, 9.17) is 5.73 Å². The molecule has 0 saturated heterocycles. The fraction of sp³-hybridized carbons (Fsp3) is 0.357. The van der Waals surface area contributed by atoms with E-state index in [9.17, 15) is 19.5 Å². The maximum Gasteiger partial charge on any atom is 0.270 e. The normalized spacial score (nSPS) is 13.5. The van der Waals surface area contributed by atoms with E-state index in [2.05, 4.69) is 27.9 Å². The third-order valence-corrected chi connectivity index (χ3v) is 6.01. The Morgan fingerprint density at radius 2 is 1.70 bits per heavy atom. The molecule has 0 fully saturated rings. The number of benzene rings is 2. The van der Waals surface area contributed by atoms with Gasteiger partial charge >= 0.3 is 0 Å². The fourth-order valence-electron chi connectivity index (χ4n) is 3.96. The molecule has 3 rings (SSSR count). The first kappa shape index (κ1) is 27.8. The van der Waals surface area contributed by atoms with Crippen molar-refractivity contribution in [2.45, 2.75) is 50.8 Å². The number of unbranched alkanes of at least 4 members (excludes halogenated alkanes) is 1. The number of aromatic nitrogens is 1. The maximum atomic E-state index is 13.3. The van der Waals surface area contributed by atoms with Gasteiger partial charge in [0, 0.05) is 11.9 Å². The van der Waals surface area contributed by atoms with E-state index >= 15 is 0 Å². The summed E-state index contributed by atoms with van der Waals surface area (Å²) in [6.45, 7) is 3.11. The smallest absolute Gasteiger partial charge is 0.270 e. The lowest BCUT2D eigenvalue weighted by atomic mass is 10.00. The number of carbonyl (C=O) groups is 3. The second-order valence-corrected chi connectivity index (χ2v) is 9.02. The monoisotopic (exact) mass is 505 g/mol. The minimum absolute atomic E-state index is 0.113. The Kier molecular flexibility index (Phi) is 10.5. The summed E-state index contributed by atoms with van der Waals surface area (Å²) in [6.07, 6.45) is 1.07.